The van der Waals surface area contributed by atoms with Crippen LogP contribution in [0.25, 0.3) is 0 Å². The molecule has 1 unspecified atom stereocenters. The molecule has 21 heavy (non-hydrogen) atoms. The van der Waals surface area contributed by atoms with Crippen molar-refractivity contribution in [2.45, 2.75) is 30.4 Å². The highest BCUT2D eigenvalue weighted by atomic mass is 79.9. The van der Waals surface area contributed by atoms with Gasteiger partial charge in [-0.2, -0.15) is 13.2 Å². The normalized spacial score (nSPS) is 20.0. The number of nitrogens with zero attached hydrogens (tertiary/aromatic N) is 2. The molecule has 6 heteroatoms. The molecule has 118 valence electrons. The van der Waals surface area contributed by atoms with Crippen LogP contribution in [-0.2, 0) is 11.5 Å². The summed E-state index contributed by atoms with van der Waals surface area (Å²) < 4.78 is 39.8. The standard InChI is InChI=1S/C15H20BrF3N2/c1-20-7-3-4-12(20)10-21(2)14-6-5-11(9-16)8-13(14)15(17,18)19/h5-6,8,12H,3-4,7,9-10H2,1-2H3. The number of likely N-dealkylation sites (N-methyl/N-ethyl adjacent to an activating group) is 2. The third-order valence-corrected chi connectivity index (χ3v) is 4.74. The van der Waals surface area contributed by atoms with Gasteiger partial charge in [0.25, 0.3) is 0 Å². The number of hydrogen-bond acceptors (Lipinski definition) is 2. The van der Waals surface area contributed by atoms with Gasteiger partial charge in [-0.1, -0.05) is 22.0 Å². The van der Waals surface area contributed by atoms with E-state index < -0.39 is 11.7 Å². The second-order valence-corrected chi connectivity index (χ2v) is 6.20. The van der Waals surface area contributed by atoms with Gasteiger partial charge >= 0.3 is 6.18 Å². The first-order valence-corrected chi connectivity index (χ1v) is 8.12. The SMILES string of the molecule is CN(CC1CCCN1C)c1ccc(CBr)cc1C(F)(F)F. The Hall–Kier alpha value is -0.750. The van der Waals surface area contributed by atoms with Gasteiger partial charge < -0.3 is 9.80 Å². The lowest BCUT2D eigenvalue weighted by molar-refractivity contribution is -0.137. The quantitative estimate of drug-likeness (QED) is 0.741. The van der Waals surface area contributed by atoms with E-state index in [1.54, 1.807) is 24.1 Å². The monoisotopic (exact) mass is 364 g/mol. The topological polar surface area (TPSA) is 6.48 Å². The average Bonchev–Trinajstić information content (AvgIpc) is 2.82. The molecule has 0 aliphatic carbocycles. The van der Waals surface area contributed by atoms with E-state index in [4.69, 9.17) is 0 Å². The molecule has 0 radical (unpaired) electrons. The van der Waals surface area contributed by atoms with Crippen molar-refractivity contribution in [2.75, 3.05) is 32.1 Å². The Bertz CT molecular complexity index is 490. The lowest BCUT2D eigenvalue weighted by Crippen LogP contribution is -2.37. The van der Waals surface area contributed by atoms with Crippen molar-refractivity contribution in [2.24, 2.45) is 0 Å². The van der Waals surface area contributed by atoms with Crippen molar-refractivity contribution in [3.63, 3.8) is 0 Å². The number of benzene rings is 1. The first kappa shape index (κ1) is 16.6. The van der Waals surface area contributed by atoms with E-state index in [1.165, 1.54) is 6.07 Å². The van der Waals surface area contributed by atoms with E-state index in [1.807, 2.05) is 7.05 Å². The van der Waals surface area contributed by atoms with Crippen molar-refractivity contribution < 1.29 is 13.2 Å². The van der Waals surface area contributed by atoms with E-state index in [-0.39, 0.29) is 5.69 Å². The van der Waals surface area contributed by atoms with Gasteiger partial charge in [-0.3, -0.25) is 0 Å². The molecule has 2 rings (SSSR count). The third kappa shape index (κ3) is 3.92. The average molecular weight is 365 g/mol. The van der Waals surface area contributed by atoms with Gasteiger partial charge in [0, 0.05) is 30.7 Å². The Labute approximate surface area is 132 Å². The molecule has 1 aliphatic heterocycles. The number of hydrogen-bond donors (Lipinski definition) is 0. The van der Waals surface area contributed by atoms with Crippen LogP contribution in [0.1, 0.15) is 24.0 Å². The van der Waals surface area contributed by atoms with Gasteiger partial charge in [0.15, 0.2) is 0 Å². The fourth-order valence-corrected chi connectivity index (χ4v) is 3.20. The predicted molar refractivity (Wildman–Crippen MR) is 83.0 cm³/mol. The maximum Gasteiger partial charge on any atom is 0.418 e. The van der Waals surface area contributed by atoms with Crippen LogP contribution in [0.2, 0.25) is 0 Å². The highest BCUT2D eigenvalue weighted by Crippen LogP contribution is 2.37. The summed E-state index contributed by atoms with van der Waals surface area (Å²) in [6.07, 6.45) is -2.17. The molecule has 0 amide bonds. The lowest BCUT2D eigenvalue weighted by Gasteiger charge is -2.29. The summed E-state index contributed by atoms with van der Waals surface area (Å²) in [6, 6.07) is 4.88. The highest BCUT2D eigenvalue weighted by molar-refractivity contribution is 9.08. The van der Waals surface area contributed by atoms with Crippen molar-refractivity contribution in [3.8, 4) is 0 Å². The van der Waals surface area contributed by atoms with Gasteiger partial charge in [-0.15, -0.1) is 0 Å². The third-order valence-electron chi connectivity index (χ3n) is 4.09. The zero-order chi connectivity index (χ0) is 15.6. The van der Waals surface area contributed by atoms with Crippen molar-refractivity contribution in [1.29, 1.82) is 0 Å². The van der Waals surface area contributed by atoms with E-state index in [0.29, 0.717) is 23.5 Å². The second-order valence-electron chi connectivity index (χ2n) is 5.64. The first-order valence-electron chi connectivity index (χ1n) is 7.00. The molecule has 0 bridgehead atoms. The van der Waals surface area contributed by atoms with Crippen molar-refractivity contribution >= 4 is 21.6 Å². The Morgan fingerprint density at radius 2 is 2.10 bits per heavy atom. The van der Waals surface area contributed by atoms with Gasteiger partial charge in [-0.25, -0.2) is 0 Å². The molecular formula is C15H20BrF3N2. The Morgan fingerprint density at radius 3 is 2.62 bits per heavy atom. The van der Waals surface area contributed by atoms with Crippen LogP contribution in [-0.4, -0.2) is 38.1 Å². The summed E-state index contributed by atoms with van der Waals surface area (Å²) >= 11 is 3.21. The van der Waals surface area contributed by atoms with Crippen LogP contribution in [0, 0.1) is 0 Å². The molecule has 0 aromatic heterocycles. The Kier molecular flexibility index (Phi) is 5.20. The molecule has 0 spiro atoms. The summed E-state index contributed by atoms with van der Waals surface area (Å²) in [4.78, 5) is 3.95. The molecule has 0 saturated carbocycles. The predicted octanol–water partition coefficient (Wildman–Crippen LogP) is 4.13. The Balaban J connectivity index is 2.25. The van der Waals surface area contributed by atoms with Crippen LogP contribution in [0.5, 0.6) is 0 Å². The number of likely N-dealkylation sites (tertiary alicyclic amines) is 1. The van der Waals surface area contributed by atoms with Crippen LogP contribution >= 0.6 is 15.9 Å². The molecule has 1 aromatic rings. The molecule has 1 aliphatic rings. The molecule has 1 aromatic carbocycles. The smallest absolute Gasteiger partial charge is 0.373 e. The first-order chi connectivity index (χ1) is 9.82. The van der Waals surface area contributed by atoms with Crippen LogP contribution in [0.3, 0.4) is 0 Å². The number of anilines is 1. The molecule has 2 nitrogen and oxygen atoms in total. The van der Waals surface area contributed by atoms with Gasteiger partial charge in [-0.05, 0) is 44.1 Å². The van der Waals surface area contributed by atoms with Crippen LogP contribution < -0.4 is 4.90 Å². The van der Waals surface area contributed by atoms with Crippen molar-refractivity contribution in [3.05, 3.63) is 29.3 Å². The van der Waals surface area contributed by atoms with E-state index in [9.17, 15) is 13.2 Å². The Morgan fingerprint density at radius 1 is 1.38 bits per heavy atom. The summed E-state index contributed by atoms with van der Waals surface area (Å²) in [5.74, 6) is 0. The number of rotatable bonds is 4. The molecule has 1 saturated heterocycles. The summed E-state index contributed by atoms with van der Waals surface area (Å²) in [7, 11) is 3.77. The lowest BCUT2D eigenvalue weighted by atomic mass is 10.1. The van der Waals surface area contributed by atoms with Gasteiger partial charge in [0.1, 0.15) is 0 Å². The summed E-state index contributed by atoms with van der Waals surface area (Å²) in [6.45, 7) is 1.64. The van der Waals surface area contributed by atoms with E-state index in [0.717, 1.165) is 19.4 Å². The fraction of sp³-hybridized carbons (Fsp3) is 0.600. The molecule has 0 N–H and O–H groups in total. The summed E-state index contributed by atoms with van der Waals surface area (Å²) in [5, 5.41) is 0.422. The second kappa shape index (κ2) is 6.57. The number of halogens is 4. The largest absolute Gasteiger partial charge is 0.418 e. The van der Waals surface area contributed by atoms with Gasteiger partial charge in [0.2, 0.25) is 0 Å². The minimum absolute atomic E-state index is 0.257. The van der Waals surface area contributed by atoms with Gasteiger partial charge in [0.05, 0.1) is 5.56 Å². The van der Waals surface area contributed by atoms with Crippen molar-refractivity contribution in [1.82, 2.24) is 4.90 Å². The van der Waals surface area contributed by atoms with E-state index >= 15 is 0 Å². The molecule has 1 heterocycles. The number of alkyl halides is 4. The van der Waals surface area contributed by atoms with E-state index in [2.05, 4.69) is 20.8 Å². The fourth-order valence-electron chi connectivity index (χ4n) is 2.85. The summed E-state index contributed by atoms with van der Waals surface area (Å²) in [5.41, 5.74) is 0.340. The highest BCUT2D eigenvalue weighted by Gasteiger charge is 2.35. The minimum Gasteiger partial charge on any atom is -0.373 e. The molecular weight excluding hydrogens is 345 g/mol. The maximum absolute atomic E-state index is 13.3. The molecule has 1 fully saturated rings. The zero-order valence-corrected chi connectivity index (χ0v) is 13.8. The molecule has 1 atom stereocenters. The zero-order valence-electron chi connectivity index (χ0n) is 12.3. The van der Waals surface area contributed by atoms with Crippen LogP contribution in [0.15, 0.2) is 18.2 Å². The minimum atomic E-state index is -4.33. The van der Waals surface area contributed by atoms with Crippen LogP contribution in [0.4, 0.5) is 18.9 Å². The maximum atomic E-state index is 13.3.